The second kappa shape index (κ2) is 11.6. The lowest BCUT2D eigenvalue weighted by molar-refractivity contribution is 0.596. The third-order valence-corrected chi connectivity index (χ3v) is 11.1. The van der Waals surface area contributed by atoms with Crippen LogP contribution in [0.15, 0.2) is 146 Å². The van der Waals surface area contributed by atoms with E-state index in [1.807, 2.05) is 0 Å². The monoisotopic (exact) mass is 484 g/mol. The van der Waals surface area contributed by atoms with Gasteiger partial charge in [-0.2, -0.15) is 0 Å². The zero-order valence-electron chi connectivity index (χ0n) is 19.7. The SMILES string of the molecule is c1ccc(CC[Si](c2ccccc2)c2ccccc2O[Si](c2ccccc2)c2ccccc2)cc1. The van der Waals surface area contributed by atoms with Crippen LogP contribution >= 0.6 is 0 Å². The third-order valence-electron chi connectivity index (χ3n) is 6.12. The van der Waals surface area contributed by atoms with Crippen molar-refractivity contribution < 1.29 is 4.43 Å². The molecule has 0 aliphatic heterocycles. The molecule has 5 rings (SSSR count). The van der Waals surface area contributed by atoms with Crippen molar-refractivity contribution in [2.24, 2.45) is 0 Å². The molecule has 0 N–H and O–H groups in total. The summed E-state index contributed by atoms with van der Waals surface area (Å²) in [6.07, 6.45) is 1.06. The lowest BCUT2D eigenvalue weighted by Crippen LogP contribution is -2.50. The molecule has 0 saturated carbocycles. The van der Waals surface area contributed by atoms with Crippen molar-refractivity contribution in [3.63, 3.8) is 0 Å². The molecule has 5 aromatic carbocycles. The van der Waals surface area contributed by atoms with Gasteiger partial charge < -0.3 is 4.43 Å². The molecule has 0 amide bonds. The molecule has 0 fully saturated rings. The molecule has 170 valence electrons. The van der Waals surface area contributed by atoms with Crippen LogP contribution in [0.5, 0.6) is 5.75 Å². The fraction of sp³-hybridized carbons (Fsp3) is 0.0625. The Kier molecular flexibility index (Phi) is 7.69. The van der Waals surface area contributed by atoms with Crippen LogP contribution in [0.1, 0.15) is 5.56 Å². The Hall–Kier alpha value is -3.67. The van der Waals surface area contributed by atoms with Crippen LogP contribution in [0.2, 0.25) is 6.04 Å². The summed E-state index contributed by atoms with van der Waals surface area (Å²) in [4.78, 5) is 0. The topological polar surface area (TPSA) is 9.23 Å². The molecule has 0 aromatic heterocycles. The van der Waals surface area contributed by atoms with E-state index < -0.39 is 17.8 Å². The summed E-state index contributed by atoms with van der Waals surface area (Å²) < 4.78 is 7.00. The summed E-state index contributed by atoms with van der Waals surface area (Å²) in [6, 6.07) is 53.0. The van der Waals surface area contributed by atoms with E-state index in [0.717, 1.165) is 18.2 Å². The molecular formula is C32H28OSi2. The normalized spacial score (nSPS) is 11.0. The Labute approximate surface area is 212 Å². The van der Waals surface area contributed by atoms with Crippen LogP contribution in [0.25, 0.3) is 0 Å². The van der Waals surface area contributed by atoms with Crippen molar-refractivity contribution in [2.45, 2.75) is 12.5 Å². The molecule has 0 heterocycles. The minimum atomic E-state index is -1.44. The fourth-order valence-corrected chi connectivity index (χ4v) is 9.16. The first-order chi connectivity index (χ1) is 17.4. The quantitative estimate of drug-likeness (QED) is 0.275. The van der Waals surface area contributed by atoms with E-state index in [4.69, 9.17) is 4.43 Å². The lowest BCUT2D eigenvalue weighted by atomic mass is 10.2. The van der Waals surface area contributed by atoms with Gasteiger partial charge in [0.2, 0.25) is 0 Å². The average Bonchev–Trinajstić information content (AvgIpc) is 2.94. The highest BCUT2D eigenvalue weighted by molar-refractivity contribution is 6.86. The summed E-state index contributed by atoms with van der Waals surface area (Å²) >= 11 is 0. The van der Waals surface area contributed by atoms with Crippen molar-refractivity contribution in [3.8, 4) is 5.75 Å². The predicted molar refractivity (Wildman–Crippen MR) is 151 cm³/mol. The number of aryl methyl sites for hydroxylation is 1. The Morgan fingerprint density at radius 2 is 0.914 bits per heavy atom. The van der Waals surface area contributed by atoms with Gasteiger partial charge in [-0.15, -0.1) is 0 Å². The van der Waals surface area contributed by atoms with Crippen molar-refractivity contribution in [1.82, 2.24) is 0 Å². The van der Waals surface area contributed by atoms with Gasteiger partial charge in [-0.3, -0.25) is 0 Å². The van der Waals surface area contributed by atoms with Crippen LogP contribution in [-0.2, 0) is 6.42 Å². The maximum Gasteiger partial charge on any atom is 0.352 e. The first-order valence-corrected chi connectivity index (χ1v) is 15.2. The molecule has 0 saturated heterocycles. The zero-order valence-corrected chi connectivity index (χ0v) is 21.7. The highest BCUT2D eigenvalue weighted by Gasteiger charge is 2.26. The van der Waals surface area contributed by atoms with Crippen LogP contribution in [0, 0.1) is 0 Å². The molecular weight excluding hydrogens is 457 g/mol. The summed E-state index contributed by atoms with van der Waals surface area (Å²) in [5.41, 5.74) is 1.39. The largest absolute Gasteiger partial charge is 0.533 e. The zero-order chi connectivity index (χ0) is 23.7. The van der Waals surface area contributed by atoms with E-state index in [9.17, 15) is 0 Å². The Balaban J connectivity index is 1.52. The van der Waals surface area contributed by atoms with Crippen molar-refractivity contribution in [3.05, 3.63) is 151 Å². The second-order valence-electron chi connectivity index (χ2n) is 8.49. The maximum atomic E-state index is 7.00. The van der Waals surface area contributed by atoms with Crippen molar-refractivity contribution in [1.29, 1.82) is 0 Å². The molecule has 3 heteroatoms. The lowest BCUT2D eigenvalue weighted by Gasteiger charge is -2.23. The van der Waals surface area contributed by atoms with Crippen LogP contribution in [0.4, 0.5) is 0 Å². The standard InChI is InChI=1S/C32H28OSi2/c1-5-15-27(16-6-1)25-26-34(28-17-7-2-8-18-28)32-24-14-13-23-31(32)33-35(29-19-9-3-10-20-29)30-21-11-4-12-22-30/h1-24H,25-26H2. The van der Waals surface area contributed by atoms with Gasteiger partial charge in [0.1, 0.15) is 14.5 Å². The molecule has 0 spiro atoms. The van der Waals surface area contributed by atoms with Crippen LogP contribution < -0.4 is 25.2 Å². The van der Waals surface area contributed by atoms with E-state index in [0.29, 0.717) is 0 Å². The Bertz CT molecular complexity index is 1270. The molecule has 2 radical (unpaired) electrons. The maximum absolute atomic E-state index is 7.00. The van der Waals surface area contributed by atoms with Crippen molar-refractivity contribution >= 4 is 38.6 Å². The minimum Gasteiger partial charge on any atom is -0.533 e. The van der Waals surface area contributed by atoms with Gasteiger partial charge in [-0.1, -0.05) is 145 Å². The number of hydrogen-bond acceptors (Lipinski definition) is 1. The Morgan fingerprint density at radius 3 is 1.49 bits per heavy atom. The van der Waals surface area contributed by atoms with Crippen LogP contribution in [-0.4, -0.2) is 17.8 Å². The van der Waals surface area contributed by atoms with Gasteiger partial charge in [0, 0.05) is 0 Å². The van der Waals surface area contributed by atoms with E-state index in [1.165, 1.54) is 26.3 Å². The van der Waals surface area contributed by atoms with Gasteiger partial charge >= 0.3 is 9.04 Å². The first kappa shape index (κ1) is 23.1. The average molecular weight is 485 g/mol. The van der Waals surface area contributed by atoms with Gasteiger partial charge in [0.05, 0.1) is 0 Å². The van der Waals surface area contributed by atoms with Gasteiger partial charge in [0.15, 0.2) is 0 Å². The highest BCUT2D eigenvalue weighted by atomic mass is 28.3. The minimum absolute atomic E-state index is 1.03. The van der Waals surface area contributed by atoms with E-state index in [1.54, 1.807) is 0 Å². The fourth-order valence-electron chi connectivity index (χ4n) is 4.37. The second-order valence-corrected chi connectivity index (χ2v) is 13.1. The molecule has 1 nitrogen and oxygen atoms in total. The molecule has 0 aliphatic carbocycles. The summed E-state index contributed by atoms with van der Waals surface area (Å²) in [7, 11) is -2.48. The number of benzene rings is 5. The van der Waals surface area contributed by atoms with E-state index in [-0.39, 0.29) is 0 Å². The van der Waals surface area contributed by atoms with Gasteiger partial charge in [-0.05, 0) is 39.7 Å². The highest BCUT2D eigenvalue weighted by Crippen LogP contribution is 2.14. The number of para-hydroxylation sites is 1. The third kappa shape index (κ3) is 5.88. The smallest absolute Gasteiger partial charge is 0.352 e. The van der Waals surface area contributed by atoms with E-state index in [2.05, 4.69) is 146 Å². The van der Waals surface area contributed by atoms with Gasteiger partial charge in [-0.25, -0.2) is 0 Å². The van der Waals surface area contributed by atoms with Crippen molar-refractivity contribution in [2.75, 3.05) is 0 Å². The van der Waals surface area contributed by atoms with E-state index >= 15 is 0 Å². The molecule has 0 unspecified atom stereocenters. The molecule has 0 bridgehead atoms. The summed E-state index contributed by atoms with van der Waals surface area (Å²) in [6.45, 7) is 0. The molecule has 0 atom stereocenters. The molecule has 0 aliphatic rings. The summed E-state index contributed by atoms with van der Waals surface area (Å²) in [5, 5.41) is 5.30. The number of hydrogen-bond donors (Lipinski definition) is 0. The number of rotatable bonds is 9. The molecule has 5 aromatic rings. The van der Waals surface area contributed by atoms with Crippen LogP contribution in [0.3, 0.4) is 0 Å². The predicted octanol–water partition coefficient (Wildman–Crippen LogP) is 4.72. The Morgan fingerprint density at radius 1 is 0.457 bits per heavy atom. The van der Waals surface area contributed by atoms with Gasteiger partial charge in [0.25, 0.3) is 0 Å². The summed E-state index contributed by atoms with van der Waals surface area (Å²) in [5.74, 6) is 1.03. The molecule has 35 heavy (non-hydrogen) atoms. The first-order valence-electron chi connectivity index (χ1n) is 12.1.